The van der Waals surface area contributed by atoms with E-state index in [1.165, 1.54) is 11.1 Å². The number of carbonyl (C=O) groups is 1. The van der Waals surface area contributed by atoms with Crippen LogP contribution in [0.1, 0.15) is 38.3 Å². The minimum absolute atomic E-state index is 0.0831. The van der Waals surface area contributed by atoms with Gasteiger partial charge in [-0.3, -0.25) is 4.79 Å². The summed E-state index contributed by atoms with van der Waals surface area (Å²) in [6.45, 7) is 7.18. The predicted molar refractivity (Wildman–Crippen MR) is 91.9 cm³/mol. The topological polar surface area (TPSA) is 41.6 Å². The number of nitrogens with zero attached hydrogens (tertiary/aromatic N) is 1. The molecule has 1 aromatic carbocycles. The van der Waals surface area contributed by atoms with E-state index in [1.807, 2.05) is 19.9 Å². The molecule has 2 bridgehead atoms. The largest absolute Gasteiger partial charge is 0.426 e. The highest BCUT2D eigenvalue weighted by Gasteiger charge is 2.49. The maximum atomic E-state index is 11.9. The van der Waals surface area contributed by atoms with Crippen molar-refractivity contribution in [2.24, 2.45) is 5.92 Å². The van der Waals surface area contributed by atoms with E-state index in [2.05, 4.69) is 43.4 Å². The number of fused-ring (bicyclic) bond motifs is 4. The molecule has 0 amide bonds. The summed E-state index contributed by atoms with van der Waals surface area (Å²) in [5.74, 6) is 0.396. The van der Waals surface area contributed by atoms with E-state index in [9.17, 15) is 4.79 Å². The van der Waals surface area contributed by atoms with Crippen LogP contribution in [0.2, 0.25) is 0 Å². The lowest BCUT2D eigenvalue weighted by atomic mass is 9.62. The third-order valence-electron chi connectivity index (χ3n) is 5.75. The van der Waals surface area contributed by atoms with Gasteiger partial charge in [0.2, 0.25) is 0 Å². The number of rotatable bonds is 3. The van der Waals surface area contributed by atoms with Crippen LogP contribution < -0.4 is 10.1 Å². The second kappa shape index (κ2) is 5.91. The normalized spacial score (nSPS) is 30.2. The number of piperidine rings is 1. The first-order valence-corrected chi connectivity index (χ1v) is 8.59. The maximum Gasteiger partial charge on any atom is 0.313 e. The number of hydrogen-bond acceptors (Lipinski definition) is 4. The Hall–Kier alpha value is -1.39. The van der Waals surface area contributed by atoms with Crippen molar-refractivity contribution in [2.75, 3.05) is 20.6 Å². The zero-order valence-electron chi connectivity index (χ0n) is 14.8. The standard InChI is InChI=1S/C19H28N2O2/c1-12(2)18(22)23-14-7-6-13-10-16-17(20-4)19(3,15(13)11-14)8-9-21(16)5/h6-7,11-12,16-17,20H,8-10H2,1-5H3/t16?,17?,19-/m1/s1. The Morgan fingerprint density at radius 2 is 2.17 bits per heavy atom. The Balaban J connectivity index is 1.99. The summed E-state index contributed by atoms with van der Waals surface area (Å²) in [4.78, 5) is 14.4. The number of likely N-dealkylation sites (tertiary alicyclic amines) is 1. The smallest absolute Gasteiger partial charge is 0.313 e. The number of nitrogens with one attached hydrogen (secondary N) is 1. The van der Waals surface area contributed by atoms with E-state index in [-0.39, 0.29) is 17.3 Å². The second-order valence-electron chi connectivity index (χ2n) is 7.58. The van der Waals surface area contributed by atoms with E-state index in [1.54, 1.807) is 0 Å². The first kappa shape index (κ1) is 16.5. The van der Waals surface area contributed by atoms with Gasteiger partial charge in [-0.1, -0.05) is 26.8 Å². The number of esters is 1. The first-order chi connectivity index (χ1) is 10.9. The number of carbonyl (C=O) groups excluding carboxylic acids is 1. The van der Waals surface area contributed by atoms with Crippen molar-refractivity contribution in [3.05, 3.63) is 29.3 Å². The third-order valence-corrected chi connectivity index (χ3v) is 5.75. The van der Waals surface area contributed by atoms with Gasteiger partial charge >= 0.3 is 5.97 Å². The zero-order valence-corrected chi connectivity index (χ0v) is 14.8. The molecule has 1 N–H and O–H groups in total. The van der Waals surface area contributed by atoms with Crippen LogP contribution in [0.15, 0.2) is 18.2 Å². The summed E-state index contributed by atoms with van der Waals surface area (Å²) < 4.78 is 5.54. The van der Waals surface area contributed by atoms with Gasteiger partial charge in [-0.15, -0.1) is 0 Å². The molecule has 4 heteroatoms. The van der Waals surface area contributed by atoms with Crippen LogP contribution in [0.3, 0.4) is 0 Å². The molecule has 126 valence electrons. The molecular formula is C19H28N2O2. The van der Waals surface area contributed by atoms with Crippen molar-refractivity contribution in [3.63, 3.8) is 0 Å². The monoisotopic (exact) mass is 316 g/mol. The molecule has 3 atom stereocenters. The molecule has 2 unspecified atom stereocenters. The van der Waals surface area contributed by atoms with E-state index in [0.29, 0.717) is 17.8 Å². The molecule has 1 aromatic rings. The number of ether oxygens (including phenoxy) is 1. The molecule has 0 radical (unpaired) electrons. The van der Waals surface area contributed by atoms with Crippen molar-refractivity contribution in [1.29, 1.82) is 0 Å². The van der Waals surface area contributed by atoms with Gasteiger partial charge in [0.25, 0.3) is 0 Å². The van der Waals surface area contributed by atoms with Gasteiger partial charge < -0.3 is 15.0 Å². The highest BCUT2D eigenvalue weighted by Crippen LogP contribution is 2.45. The van der Waals surface area contributed by atoms with Crippen molar-refractivity contribution >= 4 is 5.97 Å². The summed E-state index contributed by atoms with van der Waals surface area (Å²) in [7, 11) is 4.28. The lowest BCUT2D eigenvalue weighted by molar-refractivity contribution is -0.137. The van der Waals surface area contributed by atoms with Crippen LogP contribution in [0.5, 0.6) is 5.75 Å². The Morgan fingerprint density at radius 3 is 2.83 bits per heavy atom. The molecule has 1 aliphatic carbocycles. The van der Waals surface area contributed by atoms with Crippen LogP contribution in [0.4, 0.5) is 0 Å². The average Bonchev–Trinajstić information content (AvgIpc) is 2.52. The van der Waals surface area contributed by atoms with Crippen molar-refractivity contribution in [3.8, 4) is 5.75 Å². The number of likely N-dealkylation sites (N-methyl/N-ethyl adjacent to an activating group) is 2. The SMILES string of the molecule is CNC1C2Cc3ccc(OC(=O)C(C)C)cc3[C@@]1(C)CCN2C. The number of benzene rings is 1. The van der Waals surface area contributed by atoms with Crippen LogP contribution in [0.25, 0.3) is 0 Å². The fourth-order valence-electron chi connectivity index (χ4n) is 4.28. The Kier molecular flexibility index (Phi) is 4.23. The Morgan fingerprint density at radius 1 is 1.43 bits per heavy atom. The van der Waals surface area contributed by atoms with Crippen molar-refractivity contribution in [1.82, 2.24) is 10.2 Å². The molecule has 0 aromatic heterocycles. The molecule has 1 aliphatic heterocycles. The van der Waals surface area contributed by atoms with E-state index in [4.69, 9.17) is 4.74 Å². The van der Waals surface area contributed by atoms with E-state index >= 15 is 0 Å². The highest BCUT2D eigenvalue weighted by atomic mass is 16.5. The van der Waals surface area contributed by atoms with Gasteiger partial charge in [-0.05, 0) is 56.7 Å². The molecule has 0 spiro atoms. The second-order valence-corrected chi connectivity index (χ2v) is 7.58. The highest BCUT2D eigenvalue weighted by molar-refractivity contribution is 5.74. The minimum Gasteiger partial charge on any atom is -0.426 e. The molecule has 23 heavy (non-hydrogen) atoms. The van der Waals surface area contributed by atoms with E-state index in [0.717, 1.165) is 19.4 Å². The van der Waals surface area contributed by atoms with E-state index < -0.39 is 0 Å². The van der Waals surface area contributed by atoms with Gasteiger partial charge in [0.1, 0.15) is 5.75 Å². The quantitative estimate of drug-likeness (QED) is 0.686. The molecule has 3 rings (SSSR count). The molecule has 1 heterocycles. The number of hydrogen-bond donors (Lipinski definition) is 1. The molecule has 1 saturated heterocycles. The zero-order chi connectivity index (χ0) is 16.8. The molecular weight excluding hydrogens is 288 g/mol. The Labute approximate surface area is 139 Å². The molecule has 4 nitrogen and oxygen atoms in total. The summed E-state index contributed by atoms with van der Waals surface area (Å²) in [6, 6.07) is 7.13. The van der Waals surface area contributed by atoms with Gasteiger partial charge in [0, 0.05) is 17.5 Å². The van der Waals surface area contributed by atoms with Crippen LogP contribution in [-0.4, -0.2) is 43.6 Å². The average molecular weight is 316 g/mol. The molecule has 1 fully saturated rings. The molecule has 0 saturated carbocycles. The van der Waals surface area contributed by atoms with Crippen LogP contribution in [-0.2, 0) is 16.6 Å². The predicted octanol–water partition coefficient (Wildman–Crippen LogP) is 2.35. The van der Waals surface area contributed by atoms with Gasteiger partial charge in [-0.25, -0.2) is 0 Å². The van der Waals surface area contributed by atoms with Gasteiger partial charge in [-0.2, -0.15) is 0 Å². The summed E-state index contributed by atoms with van der Waals surface area (Å²) >= 11 is 0. The maximum absolute atomic E-state index is 11.9. The summed E-state index contributed by atoms with van der Waals surface area (Å²) in [5.41, 5.74) is 2.81. The van der Waals surface area contributed by atoms with Gasteiger partial charge in [0.05, 0.1) is 5.92 Å². The van der Waals surface area contributed by atoms with Crippen molar-refractivity contribution in [2.45, 2.75) is 51.1 Å². The summed E-state index contributed by atoms with van der Waals surface area (Å²) in [6.07, 6.45) is 2.16. The lowest BCUT2D eigenvalue weighted by Crippen LogP contribution is -2.65. The molecule has 2 aliphatic rings. The minimum atomic E-state index is -0.169. The fraction of sp³-hybridized carbons (Fsp3) is 0.632. The Bertz CT molecular complexity index is 613. The van der Waals surface area contributed by atoms with Crippen LogP contribution >= 0.6 is 0 Å². The van der Waals surface area contributed by atoms with Crippen molar-refractivity contribution < 1.29 is 9.53 Å². The fourth-order valence-corrected chi connectivity index (χ4v) is 4.28. The summed E-state index contributed by atoms with van der Waals surface area (Å²) in [5, 5.41) is 3.55. The lowest BCUT2D eigenvalue weighted by Gasteiger charge is -2.54. The third kappa shape index (κ3) is 2.68. The van der Waals surface area contributed by atoms with Crippen LogP contribution in [0, 0.1) is 5.92 Å². The van der Waals surface area contributed by atoms with Gasteiger partial charge in [0.15, 0.2) is 0 Å². The first-order valence-electron chi connectivity index (χ1n) is 8.59.